The van der Waals surface area contributed by atoms with E-state index in [9.17, 15) is 19.4 Å². The Bertz CT molecular complexity index is 1450. The molecule has 2 fully saturated rings. The van der Waals surface area contributed by atoms with Crippen LogP contribution in [-0.4, -0.2) is 33.5 Å². The summed E-state index contributed by atoms with van der Waals surface area (Å²) in [4.78, 5) is 11.5. The van der Waals surface area contributed by atoms with E-state index in [-0.39, 0.29) is 28.1 Å². The number of nitrogens with zero attached hydrogens (tertiary/aromatic N) is 1. The third-order valence-electron chi connectivity index (χ3n) is 8.19. The van der Waals surface area contributed by atoms with Gasteiger partial charge >= 0.3 is 5.97 Å². The van der Waals surface area contributed by atoms with Crippen molar-refractivity contribution in [1.29, 1.82) is 0 Å². The summed E-state index contributed by atoms with van der Waals surface area (Å²) in [5.41, 5.74) is 4.33. The number of carboxylic acid groups (broad SMARTS) is 1. The van der Waals surface area contributed by atoms with Gasteiger partial charge in [0.15, 0.2) is 0 Å². The number of benzene rings is 3. The van der Waals surface area contributed by atoms with Crippen molar-refractivity contribution < 1.29 is 24.1 Å². The number of hydrogen-bond donors (Lipinski definition) is 2. The van der Waals surface area contributed by atoms with E-state index in [0.29, 0.717) is 5.39 Å². The number of phenols is 1. The van der Waals surface area contributed by atoms with Crippen LogP contribution in [0.2, 0.25) is 0 Å². The van der Waals surface area contributed by atoms with Gasteiger partial charge in [0.25, 0.3) is 0 Å². The number of carboxylic acids is 1. The highest BCUT2D eigenvalue weighted by Gasteiger charge is 2.57. The van der Waals surface area contributed by atoms with Crippen molar-refractivity contribution in [3.63, 3.8) is 0 Å². The zero-order valence-corrected chi connectivity index (χ0v) is 19.4. The normalized spacial score (nSPS) is 23.3. The Morgan fingerprint density at radius 3 is 2.26 bits per heavy atom. The fraction of sp³-hybridized carbons (Fsp3) is 0.276. The molecule has 2 saturated carbocycles. The van der Waals surface area contributed by atoms with Crippen LogP contribution in [0.3, 0.4) is 0 Å². The molecule has 35 heavy (non-hydrogen) atoms. The summed E-state index contributed by atoms with van der Waals surface area (Å²) in [7, 11) is 1.79. The average Bonchev–Trinajstić information content (AvgIpc) is 3.54. The number of aromatic hydroxyl groups is 1. The molecule has 2 bridgehead atoms. The van der Waals surface area contributed by atoms with Crippen LogP contribution in [0.25, 0.3) is 27.7 Å². The summed E-state index contributed by atoms with van der Waals surface area (Å²) < 4.78 is 22.1. The van der Waals surface area contributed by atoms with E-state index in [0.717, 1.165) is 60.1 Å². The van der Waals surface area contributed by atoms with Crippen LogP contribution < -0.4 is 0 Å². The zero-order chi connectivity index (χ0) is 24.4. The number of aromatic carboxylic acids is 1. The second-order valence-corrected chi connectivity index (χ2v) is 9.93. The van der Waals surface area contributed by atoms with Crippen molar-refractivity contribution in [1.82, 2.24) is 4.57 Å². The molecule has 2 aliphatic rings. The van der Waals surface area contributed by atoms with E-state index in [2.05, 4.69) is 4.57 Å². The van der Waals surface area contributed by atoms with Gasteiger partial charge in [0, 0.05) is 34.9 Å². The molecule has 3 aromatic carbocycles. The van der Waals surface area contributed by atoms with Gasteiger partial charge in [0.2, 0.25) is 0 Å². The van der Waals surface area contributed by atoms with Crippen LogP contribution in [0.4, 0.5) is 4.39 Å². The zero-order valence-electron chi connectivity index (χ0n) is 19.4. The molecule has 6 rings (SSSR count). The Hall–Kier alpha value is -3.64. The number of rotatable bonds is 5. The highest BCUT2D eigenvalue weighted by Crippen LogP contribution is 2.62. The lowest BCUT2D eigenvalue weighted by Crippen LogP contribution is -2.24. The van der Waals surface area contributed by atoms with E-state index in [1.165, 1.54) is 12.1 Å². The summed E-state index contributed by atoms with van der Waals surface area (Å²) in [5, 5.41) is 21.2. The molecule has 0 amide bonds. The number of methoxy groups -OCH3 is 1. The van der Waals surface area contributed by atoms with Crippen LogP contribution in [0.1, 0.15) is 48.2 Å². The average molecular weight is 472 g/mol. The van der Waals surface area contributed by atoms with Crippen molar-refractivity contribution in [3.8, 4) is 22.6 Å². The maximum Gasteiger partial charge on any atom is 0.335 e. The Morgan fingerprint density at radius 1 is 0.971 bits per heavy atom. The van der Waals surface area contributed by atoms with Crippen LogP contribution in [0.5, 0.6) is 5.75 Å². The summed E-state index contributed by atoms with van der Waals surface area (Å²) in [6.07, 6.45) is 4.67. The molecular weight excluding hydrogens is 445 g/mol. The predicted octanol–water partition coefficient (Wildman–Crippen LogP) is 6.44. The fourth-order valence-corrected chi connectivity index (χ4v) is 6.49. The van der Waals surface area contributed by atoms with E-state index in [4.69, 9.17) is 4.74 Å². The van der Waals surface area contributed by atoms with Gasteiger partial charge in [-0.1, -0.05) is 18.2 Å². The predicted molar refractivity (Wildman–Crippen MR) is 132 cm³/mol. The number of carbonyl (C=O) groups is 1. The second-order valence-electron chi connectivity index (χ2n) is 9.93. The number of ether oxygens (including phenoxy) is 1. The summed E-state index contributed by atoms with van der Waals surface area (Å²) in [5.74, 6) is -1.13. The first-order chi connectivity index (χ1) is 16.9. The third kappa shape index (κ3) is 3.20. The molecule has 0 radical (unpaired) electrons. The van der Waals surface area contributed by atoms with Crippen molar-refractivity contribution >= 4 is 16.9 Å². The SMILES string of the molecule is COC12CCC(c3c(-c4ccc(C(=O)O)cc4)c4c(O)cccc4n3-c3ccc(F)cc3)(CC1)C2. The van der Waals surface area contributed by atoms with Gasteiger partial charge < -0.3 is 19.5 Å². The van der Waals surface area contributed by atoms with Crippen molar-refractivity contribution in [3.05, 3.63) is 83.8 Å². The lowest BCUT2D eigenvalue weighted by Gasteiger charge is -2.30. The molecule has 0 aliphatic heterocycles. The van der Waals surface area contributed by atoms with Gasteiger partial charge in [-0.15, -0.1) is 0 Å². The number of phenolic OH excluding ortho intramolecular Hbond substituents is 1. The summed E-state index contributed by atoms with van der Waals surface area (Å²) in [6, 6.07) is 18.7. The highest BCUT2D eigenvalue weighted by atomic mass is 19.1. The first-order valence-electron chi connectivity index (χ1n) is 11.9. The van der Waals surface area contributed by atoms with Gasteiger partial charge in [-0.05, 0) is 86.2 Å². The molecule has 0 saturated heterocycles. The van der Waals surface area contributed by atoms with E-state index < -0.39 is 5.97 Å². The van der Waals surface area contributed by atoms with Crippen molar-refractivity contribution in [2.24, 2.45) is 0 Å². The summed E-state index contributed by atoms with van der Waals surface area (Å²) in [6.45, 7) is 0. The smallest absolute Gasteiger partial charge is 0.335 e. The molecule has 1 aromatic heterocycles. The van der Waals surface area contributed by atoms with Crippen LogP contribution in [0.15, 0.2) is 66.7 Å². The lowest BCUT2D eigenvalue weighted by molar-refractivity contribution is -0.000311. The fourth-order valence-electron chi connectivity index (χ4n) is 6.49. The molecule has 0 spiro atoms. The Labute approximate surface area is 202 Å². The first kappa shape index (κ1) is 21.9. The molecule has 5 nitrogen and oxygen atoms in total. The van der Waals surface area contributed by atoms with Crippen molar-refractivity contribution in [2.75, 3.05) is 7.11 Å². The second kappa shape index (κ2) is 7.68. The minimum atomic E-state index is -0.983. The van der Waals surface area contributed by atoms with E-state index in [1.807, 2.05) is 24.3 Å². The van der Waals surface area contributed by atoms with Crippen molar-refractivity contribution in [2.45, 2.75) is 43.1 Å². The maximum atomic E-state index is 13.9. The minimum Gasteiger partial charge on any atom is -0.507 e. The molecule has 4 aromatic rings. The van der Waals surface area contributed by atoms with Gasteiger partial charge in [-0.25, -0.2) is 9.18 Å². The number of fused-ring (bicyclic) bond motifs is 3. The molecule has 2 N–H and O–H groups in total. The first-order valence-corrected chi connectivity index (χ1v) is 11.9. The Morgan fingerprint density at radius 2 is 1.66 bits per heavy atom. The standard InChI is InChI=1S/C29H26FNO4/c1-35-29-15-13-28(17-29,14-16-29)26-24(18-5-7-19(8-6-18)27(33)34)25-22(3-2-4-23(25)32)31(26)21-11-9-20(30)10-12-21/h2-12,32H,13-17H2,1H3,(H,33,34). The Balaban J connectivity index is 1.71. The van der Waals surface area contributed by atoms with Crippen LogP contribution in [0, 0.1) is 5.82 Å². The molecule has 178 valence electrons. The van der Waals surface area contributed by atoms with Gasteiger partial charge in [-0.3, -0.25) is 0 Å². The van der Waals surface area contributed by atoms with Gasteiger partial charge in [-0.2, -0.15) is 0 Å². The number of hydrogen-bond acceptors (Lipinski definition) is 3. The monoisotopic (exact) mass is 471 g/mol. The summed E-state index contributed by atoms with van der Waals surface area (Å²) >= 11 is 0. The molecule has 0 unspecified atom stereocenters. The largest absolute Gasteiger partial charge is 0.507 e. The molecular formula is C29H26FNO4. The maximum absolute atomic E-state index is 13.9. The molecule has 6 heteroatoms. The highest BCUT2D eigenvalue weighted by molar-refractivity contribution is 6.04. The quantitative estimate of drug-likeness (QED) is 0.351. The third-order valence-corrected chi connectivity index (χ3v) is 8.19. The minimum absolute atomic E-state index is 0.156. The number of aromatic nitrogens is 1. The number of halogens is 1. The Kier molecular flexibility index (Phi) is 4.80. The molecule has 2 aliphatic carbocycles. The van der Waals surface area contributed by atoms with E-state index in [1.54, 1.807) is 37.4 Å². The van der Waals surface area contributed by atoms with Gasteiger partial charge in [0.05, 0.1) is 16.7 Å². The van der Waals surface area contributed by atoms with Crippen LogP contribution >= 0.6 is 0 Å². The van der Waals surface area contributed by atoms with Crippen LogP contribution in [-0.2, 0) is 10.2 Å². The lowest BCUT2D eigenvalue weighted by atomic mass is 9.77. The molecule has 1 heterocycles. The van der Waals surface area contributed by atoms with E-state index >= 15 is 0 Å². The molecule has 0 atom stereocenters. The van der Waals surface area contributed by atoms with Gasteiger partial charge in [0.1, 0.15) is 11.6 Å². The topological polar surface area (TPSA) is 71.7 Å².